The fraction of sp³-hybridized carbons (Fsp3) is 0.167. The normalized spacial score (nSPS) is 10.6. The second kappa shape index (κ2) is 6.04. The van der Waals surface area contributed by atoms with Gasteiger partial charge in [-0.15, -0.1) is 0 Å². The summed E-state index contributed by atoms with van der Waals surface area (Å²) >= 11 is 0. The molecule has 5 heteroatoms. The molecule has 0 spiro atoms. The Bertz CT molecular complexity index is 897. The zero-order chi connectivity index (χ0) is 16.4. The molecule has 5 nitrogen and oxygen atoms in total. The van der Waals surface area contributed by atoms with Crippen LogP contribution in [0.3, 0.4) is 0 Å². The van der Waals surface area contributed by atoms with E-state index in [9.17, 15) is 4.79 Å². The van der Waals surface area contributed by atoms with Gasteiger partial charge >= 0.3 is 5.63 Å². The van der Waals surface area contributed by atoms with Crippen LogP contribution in [0.5, 0.6) is 17.2 Å². The lowest BCUT2D eigenvalue weighted by atomic mass is 10.0. The topological polar surface area (TPSA) is 57.9 Å². The van der Waals surface area contributed by atoms with E-state index in [1.807, 2.05) is 30.3 Å². The number of fused-ring (bicyclic) bond motifs is 1. The number of hydrogen-bond acceptors (Lipinski definition) is 5. The van der Waals surface area contributed by atoms with E-state index >= 15 is 0 Å². The van der Waals surface area contributed by atoms with Gasteiger partial charge in [-0.1, -0.05) is 30.3 Å². The third-order valence-corrected chi connectivity index (χ3v) is 3.62. The van der Waals surface area contributed by atoms with Gasteiger partial charge in [0.2, 0.25) is 0 Å². The zero-order valence-electron chi connectivity index (χ0n) is 13.1. The molecular formula is C18H16O5. The maximum absolute atomic E-state index is 12.5. The van der Waals surface area contributed by atoms with Gasteiger partial charge in [0.25, 0.3) is 0 Å². The molecule has 0 saturated carbocycles. The Morgan fingerprint density at radius 2 is 1.65 bits per heavy atom. The van der Waals surface area contributed by atoms with Crippen molar-refractivity contribution in [3.8, 4) is 28.4 Å². The third-order valence-electron chi connectivity index (χ3n) is 3.62. The van der Waals surface area contributed by atoms with Crippen molar-refractivity contribution in [3.63, 3.8) is 0 Å². The van der Waals surface area contributed by atoms with Crippen molar-refractivity contribution < 1.29 is 18.6 Å². The van der Waals surface area contributed by atoms with Gasteiger partial charge in [0.05, 0.1) is 21.3 Å². The maximum atomic E-state index is 12.5. The van der Waals surface area contributed by atoms with Crippen LogP contribution in [0.15, 0.2) is 51.7 Å². The highest BCUT2D eigenvalue weighted by Crippen LogP contribution is 2.41. The Hall–Kier alpha value is -2.95. The second-order valence-corrected chi connectivity index (χ2v) is 4.87. The first-order valence-electron chi connectivity index (χ1n) is 7.01. The lowest BCUT2D eigenvalue weighted by Gasteiger charge is -2.14. The van der Waals surface area contributed by atoms with Crippen molar-refractivity contribution in [3.05, 3.63) is 52.9 Å². The zero-order valence-corrected chi connectivity index (χ0v) is 13.1. The summed E-state index contributed by atoms with van der Waals surface area (Å²) in [6.45, 7) is 0. The number of hydrogen-bond donors (Lipinski definition) is 0. The van der Waals surface area contributed by atoms with E-state index in [1.54, 1.807) is 19.2 Å². The predicted octanol–water partition coefficient (Wildman–Crippen LogP) is 3.49. The Morgan fingerprint density at radius 3 is 2.26 bits per heavy atom. The summed E-state index contributed by atoms with van der Waals surface area (Å²) in [4.78, 5) is 12.5. The Labute approximate surface area is 133 Å². The molecule has 0 aliphatic carbocycles. The van der Waals surface area contributed by atoms with Gasteiger partial charge in [0.1, 0.15) is 33.8 Å². The van der Waals surface area contributed by atoms with Crippen molar-refractivity contribution in [1.29, 1.82) is 0 Å². The van der Waals surface area contributed by atoms with E-state index < -0.39 is 5.63 Å². The van der Waals surface area contributed by atoms with Gasteiger partial charge in [-0.25, -0.2) is 4.79 Å². The van der Waals surface area contributed by atoms with E-state index in [0.717, 1.165) is 5.56 Å². The molecule has 0 bridgehead atoms. The van der Waals surface area contributed by atoms with Gasteiger partial charge in [-0.2, -0.15) is 0 Å². The lowest BCUT2D eigenvalue weighted by molar-refractivity contribution is 0.389. The molecular weight excluding hydrogens is 296 g/mol. The van der Waals surface area contributed by atoms with Crippen molar-refractivity contribution in [2.45, 2.75) is 0 Å². The van der Waals surface area contributed by atoms with Gasteiger partial charge in [0.15, 0.2) is 0 Å². The molecule has 0 aliphatic rings. The van der Waals surface area contributed by atoms with E-state index in [0.29, 0.717) is 33.8 Å². The molecule has 2 aromatic carbocycles. The van der Waals surface area contributed by atoms with E-state index in [1.165, 1.54) is 14.2 Å². The highest BCUT2D eigenvalue weighted by Gasteiger charge is 2.21. The van der Waals surface area contributed by atoms with Crippen LogP contribution < -0.4 is 19.8 Å². The highest BCUT2D eigenvalue weighted by atomic mass is 16.5. The molecule has 0 unspecified atom stereocenters. The maximum Gasteiger partial charge on any atom is 0.347 e. The van der Waals surface area contributed by atoms with Gasteiger partial charge in [-0.05, 0) is 5.56 Å². The first-order valence-corrected chi connectivity index (χ1v) is 7.01. The molecule has 1 heterocycles. The third kappa shape index (κ3) is 2.50. The molecule has 0 fully saturated rings. The molecule has 23 heavy (non-hydrogen) atoms. The van der Waals surface area contributed by atoms with Gasteiger partial charge in [-0.3, -0.25) is 0 Å². The van der Waals surface area contributed by atoms with E-state index in [-0.39, 0.29) is 0 Å². The molecule has 0 radical (unpaired) electrons. The number of methoxy groups -OCH3 is 3. The summed E-state index contributed by atoms with van der Waals surface area (Å²) in [7, 11) is 4.60. The standard InChI is InChI=1S/C18H16O5/c1-20-12-9-13(21-2)16-14(10-12)23-18(19)15(17(16)22-3)11-7-5-4-6-8-11/h4-10H,1-3H3. The number of benzene rings is 2. The summed E-state index contributed by atoms with van der Waals surface area (Å²) in [6, 6.07) is 12.6. The largest absolute Gasteiger partial charge is 0.496 e. The van der Waals surface area contributed by atoms with Crippen LogP contribution in [0.4, 0.5) is 0 Å². The SMILES string of the molecule is COc1cc(OC)c2c(OC)c(-c3ccccc3)c(=O)oc2c1. The molecule has 3 rings (SSSR count). The molecule has 118 valence electrons. The van der Waals surface area contributed by atoms with E-state index in [2.05, 4.69) is 0 Å². The Kier molecular flexibility index (Phi) is 3.93. The number of rotatable bonds is 4. The fourth-order valence-corrected chi connectivity index (χ4v) is 2.58. The molecule has 0 N–H and O–H groups in total. The van der Waals surface area contributed by atoms with Crippen LogP contribution in [-0.4, -0.2) is 21.3 Å². The molecule has 0 amide bonds. The summed E-state index contributed by atoms with van der Waals surface area (Å²) in [5.74, 6) is 1.46. The fourth-order valence-electron chi connectivity index (χ4n) is 2.58. The molecule has 0 aliphatic heterocycles. The monoisotopic (exact) mass is 312 g/mol. The van der Waals surface area contributed by atoms with Crippen LogP contribution in [0, 0.1) is 0 Å². The minimum atomic E-state index is -0.476. The van der Waals surface area contributed by atoms with Crippen LogP contribution >= 0.6 is 0 Å². The smallest absolute Gasteiger partial charge is 0.347 e. The first-order chi connectivity index (χ1) is 11.2. The Balaban J connectivity index is 2.44. The summed E-state index contributed by atoms with van der Waals surface area (Å²) in [6.07, 6.45) is 0. The van der Waals surface area contributed by atoms with Crippen LogP contribution in [0.25, 0.3) is 22.1 Å². The first kappa shape index (κ1) is 15.0. The molecule has 0 saturated heterocycles. The van der Waals surface area contributed by atoms with Crippen LogP contribution in [0.2, 0.25) is 0 Å². The highest BCUT2D eigenvalue weighted by molar-refractivity contribution is 5.96. The predicted molar refractivity (Wildman–Crippen MR) is 87.6 cm³/mol. The van der Waals surface area contributed by atoms with Crippen LogP contribution in [0.1, 0.15) is 0 Å². The quantitative estimate of drug-likeness (QED) is 0.690. The minimum absolute atomic E-state index is 0.350. The van der Waals surface area contributed by atoms with Crippen molar-refractivity contribution >= 4 is 11.0 Å². The second-order valence-electron chi connectivity index (χ2n) is 4.87. The van der Waals surface area contributed by atoms with Gasteiger partial charge < -0.3 is 18.6 Å². The molecule has 3 aromatic rings. The van der Waals surface area contributed by atoms with Crippen LogP contribution in [-0.2, 0) is 0 Å². The number of ether oxygens (including phenoxy) is 3. The average molecular weight is 312 g/mol. The molecule has 1 aromatic heterocycles. The summed E-state index contributed by atoms with van der Waals surface area (Å²) < 4.78 is 21.6. The lowest BCUT2D eigenvalue weighted by Crippen LogP contribution is -2.07. The van der Waals surface area contributed by atoms with Crippen molar-refractivity contribution in [2.75, 3.05) is 21.3 Å². The van der Waals surface area contributed by atoms with Crippen molar-refractivity contribution in [2.24, 2.45) is 0 Å². The van der Waals surface area contributed by atoms with Gasteiger partial charge in [0, 0.05) is 12.1 Å². The Morgan fingerprint density at radius 1 is 0.913 bits per heavy atom. The van der Waals surface area contributed by atoms with Crippen molar-refractivity contribution in [1.82, 2.24) is 0 Å². The minimum Gasteiger partial charge on any atom is -0.496 e. The summed E-state index contributed by atoms with van der Waals surface area (Å²) in [5.41, 5.74) is 0.959. The van der Waals surface area contributed by atoms with E-state index in [4.69, 9.17) is 18.6 Å². The summed E-state index contributed by atoms with van der Waals surface area (Å²) in [5, 5.41) is 0.592. The molecule has 0 atom stereocenters. The average Bonchev–Trinajstić information content (AvgIpc) is 2.60.